The lowest BCUT2D eigenvalue weighted by Gasteiger charge is -2.19. The molecule has 0 aliphatic heterocycles. The van der Waals surface area contributed by atoms with Crippen LogP contribution in [0.5, 0.6) is 0 Å². The van der Waals surface area contributed by atoms with Gasteiger partial charge in [0.05, 0.1) is 6.10 Å². The van der Waals surface area contributed by atoms with Gasteiger partial charge >= 0.3 is 0 Å². The first-order chi connectivity index (χ1) is 7.11. The van der Waals surface area contributed by atoms with Crippen molar-refractivity contribution in [1.29, 1.82) is 0 Å². The van der Waals surface area contributed by atoms with Gasteiger partial charge in [-0.05, 0) is 25.3 Å². The number of hydrogen-bond donors (Lipinski definition) is 1. The molecule has 0 radical (unpaired) electrons. The Balaban J connectivity index is 2.53. The van der Waals surface area contributed by atoms with Crippen molar-refractivity contribution in [3.63, 3.8) is 0 Å². The highest BCUT2D eigenvalue weighted by atomic mass is 16.3. The fourth-order valence-corrected chi connectivity index (χ4v) is 1.62. The number of aliphatic hydroxyl groups excluding tert-OH is 1. The molecule has 0 saturated heterocycles. The Morgan fingerprint density at radius 2 is 1.93 bits per heavy atom. The summed E-state index contributed by atoms with van der Waals surface area (Å²) in [6.07, 6.45) is 1.42. The molecule has 0 aromatic heterocycles. The predicted molar refractivity (Wildman–Crippen MR) is 64.9 cm³/mol. The van der Waals surface area contributed by atoms with Gasteiger partial charge in [-0.2, -0.15) is 0 Å². The first-order valence-electron chi connectivity index (χ1n) is 5.48. The average molecular weight is 204 g/mol. The number of aliphatic hydroxyl groups is 1. The number of benzene rings is 1. The molecule has 0 spiro atoms. The monoisotopic (exact) mass is 204 g/mol. The van der Waals surface area contributed by atoms with E-state index in [9.17, 15) is 5.11 Å². The van der Waals surface area contributed by atoms with Crippen molar-refractivity contribution in [2.75, 3.05) is 0 Å². The minimum atomic E-state index is -0.274. The third kappa shape index (κ3) is 3.88. The largest absolute Gasteiger partial charge is 0.392 e. The highest BCUT2D eigenvalue weighted by molar-refractivity contribution is 5.19. The second-order valence-electron chi connectivity index (χ2n) is 4.26. The molecule has 0 aliphatic carbocycles. The van der Waals surface area contributed by atoms with Crippen molar-refractivity contribution in [3.8, 4) is 0 Å². The van der Waals surface area contributed by atoms with Gasteiger partial charge in [0.2, 0.25) is 0 Å². The maximum atomic E-state index is 9.98. The second-order valence-corrected chi connectivity index (χ2v) is 4.26. The molecule has 2 unspecified atom stereocenters. The normalized spacial score (nSPS) is 14.6. The van der Waals surface area contributed by atoms with Crippen LogP contribution in [0.2, 0.25) is 0 Å². The van der Waals surface area contributed by atoms with Gasteiger partial charge in [-0.3, -0.25) is 0 Å². The Hall–Kier alpha value is -1.08. The number of hydrogen-bond acceptors (Lipinski definition) is 1. The van der Waals surface area contributed by atoms with E-state index in [4.69, 9.17) is 0 Å². The molecule has 1 aromatic carbocycles. The molecule has 15 heavy (non-hydrogen) atoms. The Morgan fingerprint density at radius 1 is 1.33 bits per heavy atom. The fourth-order valence-electron chi connectivity index (χ4n) is 1.62. The Labute approximate surface area is 92.5 Å². The predicted octanol–water partition coefficient (Wildman–Crippen LogP) is 3.51. The summed E-state index contributed by atoms with van der Waals surface area (Å²) >= 11 is 0. The van der Waals surface area contributed by atoms with Gasteiger partial charge in [0.1, 0.15) is 0 Å². The zero-order valence-electron chi connectivity index (χ0n) is 9.61. The van der Waals surface area contributed by atoms with Crippen LogP contribution in [0.15, 0.2) is 42.5 Å². The summed E-state index contributed by atoms with van der Waals surface area (Å²) in [4.78, 5) is 0. The van der Waals surface area contributed by atoms with Crippen molar-refractivity contribution in [1.82, 2.24) is 0 Å². The summed E-state index contributed by atoms with van der Waals surface area (Å²) in [5.41, 5.74) is 2.33. The molecule has 0 fully saturated rings. The zero-order chi connectivity index (χ0) is 11.3. The van der Waals surface area contributed by atoms with Crippen LogP contribution in [-0.4, -0.2) is 11.2 Å². The summed E-state index contributed by atoms with van der Waals surface area (Å²) in [5.74, 6) is 0.200. The highest BCUT2D eigenvalue weighted by Crippen LogP contribution is 2.22. The third-order valence-electron chi connectivity index (χ3n) is 2.77. The summed E-state index contributed by atoms with van der Waals surface area (Å²) < 4.78 is 0. The summed E-state index contributed by atoms with van der Waals surface area (Å²) in [5, 5.41) is 9.98. The molecule has 0 saturated carbocycles. The Kier molecular flexibility index (Phi) is 4.57. The second kappa shape index (κ2) is 5.72. The molecule has 1 nitrogen and oxygen atoms in total. The topological polar surface area (TPSA) is 20.2 Å². The Bertz CT molecular complexity index is 302. The van der Waals surface area contributed by atoms with Crippen molar-refractivity contribution in [2.24, 2.45) is 0 Å². The van der Waals surface area contributed by atoms with E-state index < -0.39 is 0 Å². The van der Waals surface area contributed by atoms with Gasteiger partial charge in [-0.1, -0.05) is 42.8 Å². The van der Waals surface area contributed by atoms with Crippen molar-refractivity contribution < 1.29 is 5.11 Å². The zero-order valence-corrected chi connectivity index (χ0v) is 9.61. The van der Waals surface area contributed by atoms with Crippen LogP contribution in [0, 0.1) is 0 Å². The van der Waals surface area contributed by atoms with E-state index in [1.165, 1.54) is 5.56 Å². The van der Waals surface area contributed by atoms with Crippen molar-refractivity contribution in [3.05, 3.63) is 48.0 Å². The van der Waals surface area contributed by atoms with Gasteiger partial charge in [-0.25, -0.2) is 0 Å². The lowest BCUT2D eigenvalue weighted by Crippen LogP contribution is -2.15. The minimum absolute atomic E-state index is 0.200. The molecule has 0 heterocycles. The molecule has 82 valence electrons. The number of allylic oxidation sites excluding steroid dienone is 1. The Morgan fingerprint density at radius 3 is 2.47 bits per heavy atom. The number of rotatable bonds is 5. The molecule has 1 heteroatoms. The van der Waals surface area contributed by atoms with E-state index in [0.717, 1.165) is 18.4 Å². The van der Waals surface area contributed by atoms with Crippen LogP contribution in [0.1, 0.15) is 38.2 Å². The van der Waals surface area contributed by atoms with E-state index in [0.29, 0.717) is 0 Å². The average Bonchev–Trinajstić information content (AvgIpc) is 2.26. The van der Waals surface area contributed by atoms with Crippen LogP contribution in [0.3, 0.4) is 0 Å². The molecule has 0 bridgehead atoms. The van der Waals surface area contributed by atoms with Crippen LogP contribution in [0.4, 0.5) is 0 Å². The molecule has 0 aliphatic rings. The van der Waals surface area contributed by atoms with E-state index in [-0.39, 0.29) is 12.0 Å². The molecule has 0 amide bonds. The van der Waals surface area contributed by atoms with Crippen molar-refractivity contribution >= 4 is 0 Å². The van der Waals surface area contributed by atoms with Gasteiger partial charge in [0.15, 0.2) is 0 Å². The first kappa shape index (κ1) is 12.0. The summed E-state index contributed by atoms with van der Waals surface area (Å²) in [6.45, 7) is 7.92. The molecule has 1 N–H and O–H groups in total. The van der Waals surface area contributed by atoms with Crippen molar-refractivity contribution in [2.45, 2.75) is 38.7 Å². The van der Waals surface area contributed by atoms with Gasteiger partial charge in [0, 0.05) is 5.92 Å². The van der Waals surface area contributed by atoms with Gasteiger partial charge in [0.25, 0.3) is 0 Å². The fraction of sp³-hybridized carbons (Fsp3) is 0.429. The van der Waals surface area contributed by atoms with E-state index in [1.54, 1.807) is 0 Å². The SMILES string of the molecule is C=C(C)CCC(O)C(C)c1ccccc1. The first-order valence-corrected chi connectivity index (χ1v) is 5.48. The lowest BCUT2D eigenvalue weighted by atomic mass is 9.92. The van der Waals surface area contributed by atoms with Crippen LogP contribution in [-0.2, 0) is 0 Å². The van der Waals surface area contributed by atoms with Gasteiger partial charge in [-0.15, -0.1) is 6.58 Å². The molecular formula is C14H20O. The lowest BCUT2D eigenvalue weighted by molar-refractivity contribution is 0.140. The standard InChI is InChI=1S/C14H20O/c1-11(2)9-10-14(15)12(3)13-7-5-4-6-8-13/h4-8,12,14-15H,1,9-10H2,2-3H3. The van der Waals surface area contributed by atoms with Crippen LogP contribution >= 0.6 is 0 Å². The maximum Gasteiger partial charge on any atom is 0.0609 e. The molecule has 1 rings (SSSR count). The quantitative estimate of drug-likeness (QED) is 0.728. The third-order valence-corrected chi connectivity index (χ3v) is 2.77. The molecule has 2 atom stereocenters. The molecule has 1 aromatic rings. The van der Waals surface area contributed by atoms with E-state index in [1.807, 2.05) is 25.1 Å². The van der Waals surface area contributed by atoms with Crippen LogP contribution in [0.25, 0.3) is 0 Å². The van der Waals surface area contributed by atoms with Gasteiger partial charge < -0.3 is 5.11 Å². The van der Waals surface area contributed by atoms with E-state index in [2.05, 4.69) is 25.6 Å². The highest BCUT2D eigenvalue weighted by Gasteiger charge is 2.15. The maximum absolute atomic E-state index is 9.98. The summed E-state index contributed by atoms with van der Waals surface area (Å²) in [6, 6.07) is 10.1. The minimum Gasteiger partial charge on any atom is -0.392 e. The smallest absolute Gasteiger partial charge is 0.0609 e. The van der Waals surface area contributed by atoms with E-state index >= 15 is 0 Å². The van der Waals surface area contributed by atoms with Crippen LogP contribution < -0.4 is 0 Å². The molecular weight excluding hydrogens is 184 g/mol. The summed E-state index contributed by atoms with van der Waals surface area (Å²) in [7, 11) is 0.